The van der Waals surface area contributed by atoms with Crippen LogP contribution in [0.4, 0.5) is 14.5 Å². The van der Waals surface area contributed by atoms with Gasteiger partial charge in [0.2, 0.25) is 0 Å². The maximum absolute atomic E-state index is 14.1. The van der Waals surface area contributed by atoms with Crippen molar-refractivity contribution in [1.82, 2.24) is 9.47 Å². The van der Waals surface area contributed by atoms with E-state index in [4.69, 9.17) is 0 Å². The molecule has 39 heavy (non-hydrogen) atoms. The molecule has 4 aromatic rings. The van der Waals surface area contributed by atoms with Crippen LogP contribution in [0.25, 0.3) is 22.4 Å². The smallest absolute Gasteiger partial charge is 0.258 e. The van der Waals surface area contributed by atoms with E-state index in [0.29, 0.717) is 11.3 Å². The summed E-state index contributed by atoms with van der Waals surface area (Å²) in [5.41, 5.74) is 5.58. The second-order valence-corrected chi connectivity index (χ2v) is 10.5. The van der Waals surface area contributed by atoms with Gasteiger partial charge in [0.25, 0.3) is 5.91 Å². The van der Waals surface area contributed by atoms with Crippen molar-refractivity contribution in [3.05, 3.63) is 102 Å². The highest BCUT2D eigenvalue weighted by Gasteiger charge is 2.30. The van der Waals surface area contributed by atoms with Crippen molar-refractivity contribution in [2.45, 2.75) is 45.6 Å². The van der Waals surface area contributed by atoms with Crippen molar-refractivity contribution < 1.29 is 13.6 Å². The van der Waals surface area contributed by atoms with Crippen molar-refractivity contribution in [2.75, 3.05) is 25.0 Å². The number of halogens is 2. The standard InChI is InChI=1S/C33H35F2N3O/c1-23(2)31-30(33(39)36-28-17-15-27(35)16-18-28)29(24-9-4-3-5-10-24)32(25-11-13-26(34)14-12-25)38(31)22-8-21-37-19-6-7-20-37/h3-5,9-18,23H,6-8,19-22H2,1-2H3,(H,36,39). The number of hydrogen-bond acceptors (Lipinski definition) is 2. The molecule has 0 radical (unpaired) electrons. The molecule has 202 valence electrons. The minimum Gasteiger partial charge on any atom is -0.343 e. The number of amides is 1. The quantitative estimate of drug-likeness (QED) is 0.240. The third-order valence-corrected chi connectivity index (χ3v) is 7.41. The topological polar surface area (TPSA) is 37.3 Å². The Bertz CT molecular complexity index is 1400. The molecule has 1 fully saturated rings. The van der Waals surface area contributed by atoms with Crippen LogP contribution in [0.3, 0.4) is 0 Å². The van der Waals surface area contributed by atoms with Gasteiger partial charge >= 0.3 is 0 Å². The van der Waals surface area contributed by atoms with Crippen LogP contribution >= 0.6 is 0 Å². The fourth-order valence-corrected chi connectivity index (χ4v) is 5.68. The molecule has 6 heteroatoms. The van der Waals surface area contributed by atoms with E-state index in [1.54, 1.807) is 24.3 Å². The third kappa shape index (κ3) is 5.96. The van der Waals surface area contributed by atoms with E-state index in [1.807, 2.05) is 30.3 Å². The number of aromatic nitrogens is 1. The van der Waals surface area contributed by atoms with Gasteiger partial charge in [-0.3, -0.25) is 4.79 Å². The Morgan fingerprint density at radius 2 is 1.44 bits per heavy atom. The van der Waals surface area contributed by atoms with Crippen LogP contribution in [0.15, 0.2) is 78.9 Å². The highest BCUT2D eigenvalue weighted by Crippen LogP contribution is 2.42. The zero-order chi connectivity index (χ0) is 27.4. The Kier molecular flexibility index (Phi) is 8.22. The zero-order valence-electron chi connectivity index (χ0n) is 22.6. The van der Waals surface area contributed by atoms with Gasteiger partial charge in [0.15, 0.2) is 0 Å². The first kappa shape index (κ1) is 26.8. The normalized spacial score (nSPS) is 13.8. The van der Waals surface area contributed by atoms with Crippen LogP contribution in [0.2, 0.25) is 0 Å². The summed E-state index contributed by atoms with van der Waals surface area (Å²) >= 11 is 0. The van der Waals surface area contributed by atoms with Crippen LogP contribution in [-0.4, -0.2) is 35.0 Å². The molecule has 0 unspecified atom stereocenters. The summed E-state index contributed by atoms with van der Waals surface area (Å²) in [5.74, 6) is -0.859. The fourth-order valence-electron chi connectivity index (χ4n) is 5.68. The van der Waals surface area contributed by atoms with Crippen molar-refractivity contribution >= 4 is 11.6 Å². The Morgan fingerprint density at radius 1 is 0.821 bits per heavy atom. The molecule has 1 aliphatic rings. The molecule has 3 aromatic carbocycles. The number of hydrogen-bond donors (Lipinski definition) is 1. The van der Waals surface area contributed by atoms with E-state index >= 15 is 0 Å². The van der Waals surface area contributed by atoms with Crippen molar-refractivity contribution in [3.63, 3.8) is 0 Å². The monoisotopic (exact) mass is 527 g/mol. The Labute approximate surface area is 229 Å². The second kappa shape index (κ2) is 12.0. The first-order valence-corrected chi connectivity index (χ1v) is 13.8. The molecule has 5 rings (SSSR count). The minimum atomic E-state index is -0.358. The lowest BCUT2D eigenvalue weighted by atomic mass is 9.94. The van der Waals surface area contributed by atoms with Crippen LogP contribution in [0.1, 0.15) is 55.1 Å². The van der Waals surface area contributed by atoms with Gasteiger partial charge in [0, 0.05) is 23.5 Å². The van der Waals surface area contributed by atoms with Gasteiger partial charge in [-0.25, -0.2) is 8.78 Å². The molecular weight excluding hydrogens is 492 g/mol. The molecule has 0 saturated carbocycles. The summed E-state index contributed by atoms with van der Waals surface area (Å²) in [4.78, 5) is 16.6. The lowest BCUT2D eigenvalue weighted by Gasteiger charge is -2.19. The number of likely N-dealkylation sites (tertiary alicyclic amines) is 1. The van der Waals surface area contributed by atoms with Gasteiger partial charge in [0.1, 0.15) is 11.6 Å². The highest BCUT2D eigenvalue weighted by molar-refractivity contribution is 6.12. The average molecular weight is 528 g/mol. The Balaban J connectivity index is 1.69. The van der Waals surface area contributed by atoms with Crippen LogP contribution in [0, 0.1) is 11.6 Å². The molecule has 0 spiro atoms. The number of anilines is 1. The number of carbonyl (C=O) groups is 1. The summed E-state index contributed by atoms with van der Waals surface area (Å²) < 4.78 is 29.8. The van der Waals surface area contributed by atoms with Crippen LogP contribution < -0.4 is 5.32 Å². The molecule has 1 aliphatic heterocycles. The van der Waals surface area contributed by atoms with Crippen molar-refractivity contribution in [1.29, 1.82) is 0 Å². The number of carbonyl (C=O) groups excluding carboxylic acids is 1. The molecule has 4 nitrogen and oxygen atoms in total. The molecule has 2 heterocycles. The highest BCUT2D eigenvalue weighted by atomic mass is 19.1. The van der Waals surface area contributed by atoms with Crippen LogP contribution in [0.5, 0.6) is 0 Å². The maximum atomic E-state index is 14.1. The lowest BCUT2D eigenvalue weighted by molar-refractivity contribution is 0.102. The Morgan fingerprint density at radius 3 is 2.05 bits per heavy atom. The summed E-state index contributed by atoms with van der Waals surface area (Å²) in [6, 6.07) is 22.2. The third-order valence-electron chi connectivity index (χ3n) is 7.41. The molecule has 1 saturated heterocycles. The zero-order valence-corrected chi connectivity index (χ0v) is 22.6. The predicted molar refractivity (Wildman–Crippen MR) is 154 cm³/mol. The number of rotatable bonds is 9. The van der Waals surface area contributed by atoms with E-state index in [9.17, 15) is 13.6 Å². The van der Waals surface area contributed by atoms with Gasteiger partial charge < -0.3 is 14.8 Å². The number of benzene rings is 3. The molecule has 0 aliphatic carbocycles. The predicted octanol–water partition coefficient (Wildman–Crippen LogP) is 7.96. The molecule has 0 atom stereocenters. The first-order chi connectivity index (χ1) is 18.9. The van der Waals surface area contributed by atoms with Gasteiger partial charge in [-0.1, -0.05) is 44.2 Å². The maximum Gasteiger partial charge on any atom is 0.258 e. The van der Waals surface area contributed by atoms with E-state index in [0.717, 1.165) is 60.7 Å². The van der Waals surface area contributed by atoms with Gasteiger partial charge in [-0.05, 0) is 104 Å². The molecule has 1 N–H and O–H groups in total. The molecular formula is C33H35F2N3O. The molecule has 1 aromatic heterocycles. The summed E-state index contributed by atoms with van der Waals surface area (Å²) in [6.45, 7) is 8.20. The summed E-state index contributed by atoms with van der Waals surface area (Å²) in [7, 11) is 0. The lowest BCUT2D eigenvalue weighted by Crippen LogP contribution is -2.22. The van der Waals surface area contributed by atoms with Crippen molar-refractivity contribution in [2.24, 2.45) is 0 Å². The average Bonchev–Trinajstić information content (AvgIpc) is 3.57. The van der Waals surface area contributed by atoms with E-state index in [2.05, 4.69) is 28.6 Å². The van der Waals surface area contributed by atoms with Crippen molar-refractivity contribution in [3.8, 4) is 22.4 Å². The van der Waals surface area contributed by atoms with E-state index < -0.39 is 0 Å². The summed E-state index contributed by atoms with van der Waals surface area (Å²) in [5, 5.41) is 3.01. The van der Waals surface area contributed by atoms with E-state index in [-0.39, 0.29) is 23.5 Å². The Hall–Kier alpha value is -3.77. The van der Waals surface area contributed by atoms with Crippen LogP contribution in [-0.2, 0) is 6.54 Å². The SMILES string of the molecule is CC(C)c1c(C(=O)Nc2ccc(F)cc2)c(-c2ccccc2)c(-c2ccc(F)cc2)n1CCCN1CCCC1. The largest absolute Gasteiger partial charge is 0.343 e. The minimum absolute atomic E-state index is 0.0439. The number of nitrogens with one attached hydrogen (secondary N) is 1. The van der Waals surface area contributed by atoms with Gasteiger partial charge in [0.05, 0.1) is 11.3 Å². The van der Waals surface area contributed by atoms with Gasteiger partial charge in [-0.2, -0.15) is 0 Å². The fraction of sp³-hybridized carbons (Fsp3) is 0.303. The molecule has 0 bridgehead atoms. The second-order valence-electron chi connectivity index (χ2n) is 10.5. The van der Waals surface area contributed by atoms with Gasteiger partial charge in [-0.15, -0.1) is 0 Å². The van der Waals surface area contributed by atoms with E-state index in [1.165, 1.54) is 37.1 Å². The molecule has 1 amide bonds. The summed E-state index contributed by atoms with van der Waals surface area (Å²) in [6.07, 6.45) is 3.43. The number of nitrogens with zero attached hydrogens (tertiary/aromatic N) is 2. The first-order valence-electron chi connectivity index (χ1n) is 13.8.